The number of morpholine rings is 1. The van der Waals surface area contributed by atoms with Gasteiger partial charge >= 0.3 is 0 Å². The third kappa shape index (κ3) is 4.71. The molecule has 6 heteroatoms. The zero-order valence-electron chi connectivity index (χ0n) is 18.2. The van der Waals surface area contributed by atoms with Gasteiger partial charge < -0.3 is 9.64 Å². The van der Waals surface area contributed by atoms with E-state index in [1.54, 1.807) is 0 Å². The maximum atomic E-state index is 12.5. The highest BCUT2D eigenvalue weighted by Gasteiger charge is 2.30. The number of nitrogens with zero attached hydrogens (tertiary/aromatic N) is 2. The van der Waals surface area contributed by atoms with Crippen LogP contribution in [0.15, 0.2) is 83.9 Å². The van der Waals surface area contributed by atoms with E-state index in [-0.39, 0.29) is 5.91 Å². The molecule has 1 N–H and O–H groups in total. The van der Waals surface area contributed by atoms with Crippen LogP contribution in [-0.2, 0) is 20.7 Å². The minimum absolute atomic E-state index is 0.300. The van der Waals surface area contributed by atoms with Gasteiger partial charge in [-0.2, -0.15) is 0 Å². The summed E-state index contributed by atoms with van der Waals surface area (Å²) in [4.78, 5) is 31.8. The summed E-state index contributed by atoms with van der Waals surface area (Å²) in [5.74, 6) is -0.810. The van der Waals surface area contributed by atoms with Crippen LogP contribution in [0.4, 0.5) is 5.69 Å². The van der Waals surface area contributed by atoms with E-state index in [1.165, 1.54) is 0 Å². The first-order chi connectivity index (χ1) is 16.2. The van der Waals surface area contributed by atoms with E-state index in [1.807, 2.05) is 66.7 Å². The predicted octanol–water partition coefficient (Wildman–Crippen LogP) is 3.25. The molecule has 0 aromatic heterocycles. The van der Waals surface area contributed by atoms with Gasteiger partial charge in [0.2, 0.25) is 0 Å². The molecule has 5 rings (SSSR count). The monoisotopic (exact) mass is 439 g/mol. The number of anilines is 1. The van der Waals surface area contributed by atoms with E-state index in [9.17, 15) is 9.59 Å². The third-order valence-electron chi connectivity index (χ3n) is 6.05. The van der Waals surface area contributed by atoms with Crippen molar-refractivity contribution in [1.82, 2.24) is 5.32 Å². The van der Waals surface area contributed by atoms with Crippen LogP contribution in [0.25, 0.3) is 11.1 Å². The lowest BCUT2D eigenvalue weighted by molar-refractivity contribution is -0.128. The van der Waals surface area contributed by atoms with Gasteiger partial charge in [-0.15, -0.1) is 0 Å². The normalized spacial score (nSPS) is 18.6. The number of carbonyl (C=O) groups excluding carboxylic acids is 2. The lowest BCUT2D eigenvalue weighted by Gasteiger charge is -2.29. The van der Waals surface area contributed by atoms with Crippen LogP contribution in [0.2, 0.25) is 0 Å². The lowest BCUT2D eigenvalue weighted by atomic mass is 9.99. The van der Waals surface area contributed by atoms with Crippen molar-refractivity contribution in [2.24, 2.45) is 4.99 Å². The molecule has 3 aromatic rings. The average molecular weight is 440 g/mol. The Kier molecular flexibility index (Phi) is 6.00. The Morgan fingerprint density at radius 1 is 0.818 bits per heavy atom. The quantitative estimate of drug-likeness (QED) is 0.620. The Bertz CT molecular complexity index is 1170. The van der Waals surface area contributed by atoms with E-state index in [2.05, 4.69) is 27.3 Å². The molecule has 1 fully saturated rings. The largest absolute Gasteiger partial charge is 0.378 e. The van der Waals surface area contributed by atoms with Crippen LogP contribution >= 0.6 is 0 Å². The molecule has 0 bridgehead atoms. The second-order valence-corrected chi connectivity index (χ2v) is 8.23. The number of hydrogen-bond acceptors (Lipinski definition) is 5. The summed E-state index contributed by atoms with van der Waals surface area (Å²) < 4.78 is 5.41. The van der Waals surface area contributed by atoms with Crippen LogP contribution in [0.5, 0.6) is 0 Å². The van der Waals surface area contributed by atoms with Gasteiger partial charge in [0.15, 0.2) is 0 Å². The average Bonchev–Trinajstić information content (AvgIpc) is 2.87. The summed E-state index contributed by atoms with van der Waals surface area (Å²) >= 11 is 0. The minimum atomic E-state index is -0.640. The Balaban J connectivity index is 1.33. The Morgan fingerprint density at radius 2 is 1.45 bits per heavy atom. The summed E-state index contributed by atoms with van der Waals surface area (Å²) in [6.07, 6.45) is 0.434. The van der Waals surface area contributed by atoms with Crippen molar-refractivity contribution in [1.29, 1.82) is 0 Å². The first-order valence-corrected chi connectivity index (χ1v) is 11.2. The lowest BCUT2D eigenvalue weighted by Crippen LogP contribution is -2.47. The molecule has 6 nitrogen and oxygen atoms in total. The zero-order chi connectivity index (χ0) is 22.6. The third-order valence-corrected chi connectivity index (χ3v) is 6.05. The number of rotatable bonds is 5. The molecule has 3 aromatic carbocycles. The standard InChI is InChI=1S/C27H25N3O3/c31-26-24(18-19-6-8-21(9-7-19)20-4-2-1-3-5-20)28-25(27(32)29-26)22-10-12-23(13-11-22)30-14-16-33-17-15-30/h1-13,24H,14-18H2,(H,29,31,32). The highest BCUT2D eigenvalue weighted by Crippen LogP contribution is 2.22. The smallest absolute Gasteiger partial charge is 0.276 e. The number of imide groups is 1. The van der Waals surface area contributed by atoms with Gasteiger partial charge in [-0.25, -0.2) is 0 Å². The topological polar surface area (TPSA) is 71.0 Å². The number of nitrogens with one attached hydrogen (secondary N) is 1. The molecule has 0 spiro atoms. The van der Waals surface area contributed by atoms with Gasteiger partial charge in [0.1, 0.15) is 11.8 Å². The number of benzene rings is 3. The van der Waals surface area contributed by atoms with E-state index in [0.717, 1.165) is 35.5 Å². The maximum Gasteiger partial charge on any atom is 0.276 e. The van der Waals surface area contributed by atoms with E-state index < -0.39 is 11.9 Å². The predicted molar refractivity (Wildman–Crippen MR) is 129 cm³/mol. The number of ether oxygens (including phenoxy) is 1. The molecular formula is C27H25N3O3. The summed E-state index contributed by atoms with van der Waals surface area (Å²) in [5.41, 5.74) is 5.36. The van der Waals surface area contributed by atoms with Crippen LogP contribution < -0.4 is 10.2 Å². The number of hydrogen-bond donors (Lipinski definition) is 1. The maximum absolute atomic E-state index is 12.5. The van der Waals surface area contributed by atoms with Gasteiger partial charge in [-0.1, -0.05) is 66.7 Å². The molecular weight excluding hydrogens is 414 g/mol. The van der Waals surface area contributed by atoms with Crippen molar-refractivity contribution in [3.63, 3.8) is 0 Å². The van der Waals surface area contributed by atoms with Crippen molar-refractivity contribution in [3.8, 4) is 11.1 Å². The molecule has 2 aliphatic rings. The molecule has 0 radical (unpaired) electrons. The summed E-state index contributed by atoms with van der Waals surface area (Å²) in [6, 6.07) is 25.4. The molecule has 0 saturated carbocycles. The Hall–Kier alpha value is -3.77. The fourth-order valence-corrected chi connectivity index (χ4v) is 4.21. The first kappa shape index (κ1) is 21.1. The second kappa shape index (κ2) is 9.38. The van der Waals surface area contributed by atoms with Crippen molar-refractivity contribution < 1.29 is 14.3 Å². The summed E-state index contributed by atoms with van der Waals surface area (Å²) in [7, 11) is 0. The highest BCUT2D eigenvalue weighted by molar-refractivity contribution is 6.48. The molecule has 2 amide bonds. The molecule has 2 heterocycles. The molecule has 1 unspecified atom stereocenters. The van der Waals surface area contributed by atoms with Gasteiger partial charge in [0.25, 0.3) is 11.8 Å². The number of carbonyl (C=O) groups is 2. The Labute approximate surface area is 192 Å². The van der Waals surface area contributed by atoms with Gasteiger partial charge in [-0.3, -0.25) is 19.9 Å². The van der Waals surface area contributed by atoms with Crippen LogP contribution in [0.3, 0.4) is 0 Å². The van der Waals surface area contributed by atoms with Crippen LogP contribution in [0.1, 0.15) is 11.1 Å². The van der Waals surface area contributed by atoms with E-state index >= 15 is 0 Å². The molecule has 166 valence electrons. The van der Waals surface area contributed by atoms with Gasteiger partial charge in [0, 0.05) is 30.8 Å². The van der Waals surface area contributed by atoms with Crippen LogP contribution in [-0.4, -0.2) is 49.9 Å². The SMILES string of the molecule is O=C1NC(=O)C(Cc2ccc(-c3ccccc3)cc2)N=C1c1ccc(N2CCOCC2)cc1. The molecule has 1 atom stereocenters. The highest BCUT2D eigenvalue weighted by atomic mass is 16.5. The summed E-state index contributed by atoms with van der Waals surface area (Å²) in [6.45, 7) is 3.13. The van der Waals surface area contributed by atoms with Gasteiger partial charge in [-0.05, 0) is 28.8 Å². The Morgan fingerprint density at radius 3 is 2.15 bits per heavy atom. The van der Waals surface area contributed by atoms with Crippen molar-refractivity contribution >= 4 is 23.2 Å². The van der Waals surface area contributed by atoms with Crippen molar-refractivity contribution in [2.75, 3.05) is 31.2 Å². The van der Waals surface area contributed by atoms with E-state index in [4.69, 9.17) is 4.74 Å². The molecule has 2 aliphatic heterocycles. The molecule has 33 heavy (non-hydrogen) atoms. The minimum Gasteiger partial charge on any atom is -0.378 e. The van der Waals surface area contributed by atoms with E-state index in [0.29, 0.717) is 30.9 Å². The van der Waals surface area contributed by atoms with Crippen molar-refractivity contribution in [3.05, 3.63) is 90.0 Å². The molecule has 0 aliphatic carbocycles. The first-order valence-electron chi connectivity index (χ1n) is 11.2. The number of amides is 2. The number of aliphatic imine (C=N–C) groups is 1. The molecule has 1 saturated heterocycles. The van der Waals surface area contributed by atoms with Gasteiger partial charge in [0.05, 0.1) is 13.2 Å². The zero-order valence-corrected chi connectivity index (χ0v) is 18.2. The van der Waals surface area contributed by atoms with Crippen LogP contribution in [0, 0.1) is 0 Å². The fourth-order valence-electron chi connectivity index (χ4n) is 4.21. The summed E-state index contributed by atoms with van der Waals surface area (Å²) in [5, 5.41) is 2.48. The second-order valence-electron chi connectivity index (χ2n) is 8.23. The van der Waals surface area contributed by atoms with Crippen molar-refractivity contribution in [2.45, 2.75) is 12.5 Å². The fraction of sp³-hybridized carbons (Fsp3) is 0.222.